The minimum Gasteiger partial charge on any atom is -0.396 e. The van der Waals surface area contributed by atoms with E-state index in [0.29, 0.717) is 31.6 Å². The monoisotopic (exact) mass is 336 g/mol. The highest BCUT2D eigenvalue weighted by Crippen LogP contribution is 2.52. The summed E-state index contributed by atoms with van der Waals surface area (Å²) in [5.74, 6) is 0.462. The molecule has 7 heteroatoms. The molecule has 4 rings (SSSR count). The zero-order chi connectivity index (χ0) is 17.5. The quantitative estimate of drug-likeness (QED) is 0.626. The van der Waals surface area contributed by atoms with Gasteiger partial charge in [-0.25, -0.2) is 0 Å². The van der Waals surface area contributed by atoms with E-state index in [1.54, 1.807) is 0 Å². The normalized spacial score (nSPS) is 39.9. The summed E-state index contributed by atoms with van der Waals surface area (Å²) in [5.41, 5.74) is -0.720. The van der Waals surface area contributed by atoms with Gasteiger partial charge < -0.3 is 5.11 Å². The fourth-order valence-corrected chi connectivity index (χ4v) is 4.55. The second-order valence-corrected chi connectivity index (χ2v) is 7.81. The first kappa shape index (κ1) is 17.1. The first-order valence-corrected chi connectivity index (χ1v) is 8.62. The zero-order valence-electron chi connectivity index (χ0n) is 13.9. The number of aliphatic hydroxyl groups is 1. The lowest BCUT2D eigenvalue weighted by Gasteiger charge is -2.41. The van der Waals surface area contributed by atoms with Crippen LogP contribution in [0.15, 0.2) is 0 Å². The summed E-state index contributed by atoms with van der Waals surface area (Å²) in [6.45, 7) is 2.26. The summed E-state index contributed by atoms with van der Waals surface area (Å²) in [7, 11) is 0. The van der Waals surface area contributed by atoms with Crippen molar-refractivity contribution in [2.75, 3.05) is 6.61 Å². The average molecular weight is 336 g/mol. The number of carbonyl (C=O) groups is 4. The fraction of sp³-hybridized carbons (Fsp3) is 0.765. The van der Waals surface area contributed by atoms with Crippen molar-refractivity contribution in [3.8, 4) is 0 Å². The number of nitrogens with one attached hydrogen (secondary N) is 2. The Kier molecular flexibility index (Phi) is 4.23. The van der Waals surface area contributed by atoms with E-state index in [2.05, 4.69) is 17.6 Å². The van der Waals surface area contributed by atoms with Crippen molar-refractivity contribution in [3.05, 3.63) is 0 Å². The van der Waals surface area contributed by atoms with E-state index in [1.807, 2.05) is 0 Å². The number of amides is 4. The molecule has 0 unspecified atom stereocenters. The van der Waals surface area contributed by atoms with E-state index < -0.39 is 5.41 Å². The van der Waals surface area contributed by atoms with Crippen molar-refractivity contribution < 1.29 is 24.3 Å². The minimum atomic E-state index is -0.440. The molecule has 2 saturated carbocycles. The van der Waals surface area contributed by atoms with Gasteiger partial charge >= 0.3 is 0 Å². The topological polar surface area (TPSA) is 113 Å². The SMILES string of the molecule is CCC1CC2(CC(=O)NC2=O)C1.O=C1CC2(CC(CO)C2)C(=O)N1. The lowest BCUT2D eigenvalue weighted by Crippen LogP contribution is -2.44. The summed E-state index contributed by atoms with van der Waals surface area (Å²) in [5, 5.41) is 13.4. The van der Waals surface area contributed by atoms with E-state index >= 15 is 0 Å². The first-order chi connectivity index (χ1) is 11.3. The predicted octanol–water partition coefficient (Wildman–Crippen LogP) is 0.261. The van der Waals surface area contributed by atoms with Gasteiger partial charge in [0.15, 0.2) is 0 Å². The lowest BCUT2D eigenvalue weighted by atomic mass is 9.60. The Balaban J connectivity index is 0.000000141. The highest BCUT2D eigenvalue weighted by molar-refractivity contribution is 6.06. The van der Waals surface area contributed by atoms with Gasteiger partial charge in [-0.3, -0.25) is 29.8 Å². The molecule has 4 aliphatic rings. The second-order valence-electron chi connectivity index (χ2n) is 7.81. The molecule has 2 saturated heterocycles. The standard InChI is InChI=1S/C9H13NO2.C8H11NO3/c1-2-6-3-9(4-6)5-7(11)10-8(9)12;10-4-5-1-8(2-5)3-6(11)9-7(8)12/h6H,2-5H2,1H3,(H,10,11,12);5,10H,1-4H2,(H,9,11,12). The van der Waals surface area contributed by atoms with Crippen LogP contribution in [0.25, 0.3) is 0 Å². The Morgan fingerprint density at radius 3 is 1.58 bits per heavy atom. The molecular weight excluding hydrogens is 312 g/mol. The third kappa shape index (κ3) is 2.75. The van der Waals surface area contributed by atoms with Crippen LogP contribution in [0.1, 0.15) is 51.9 Å². The highest BCUT2D eigenvalue weighted by atomic mass is 16.3. The van der Waals surface area contributed by atoms with E-state index in [1.165, 1.54) is 0 Å². The number of aliphatic hydroxyl groups excluding tert-OH is 1. The molecule has 0 aromatic rings. The maximum atomic E-state index is 11.3. The smallest absolute Gasteiger partial charge is 0.233 e. The highest BCUT2D eigenvalue weighted by Gasteiger charge is 2.55. The largest absolute Gasteiger partial charge is 0.396 e. The molecule has 0 atom stereocenters. The van der Waals surface area contributed by atoms with Crippen LogP contribution in [0, 0.1) is 22.7 Å². The maximum absolute atomic E-state index is 11.3. The van der Waals surface area contributed by atoms with Crippen molar-refractivity contribution in [2.24, 2.45) is 22.7 Å². The first-order valence-electron chi connectivity index (χ1n) is 8.62. The van der Waals surface area contributed by atoms with Gasteiger partial charge in [-0.1, -0.05) is 13.3 Å². The van der Waals surface area contributed by atoms with Gasteiger partial charge in [-0.05, 0) is 37.5 Å². The third-order valence-electron chi connectivity index (χ3n) is 6.02. The molecule has 2 aliphatic carbocycles. The van der Waals surface area contributed by atoms with Gasteiger partial charge in [0.05, 0.1) is 10.8 Å². The molecule has 0 radical (unpaired) electrons. The van der Waals surface area contributed by atoms with Crippen LogP contribution in [0.5, 0.6) is 0 Å². The zero-order valence-corrected chi connectivity index (χ0v) is 13.9. The van der Waals surface area contributed by atoms with Gasteiger partial charge in [0.2, 0.25) is 23.6 Å². The van der Waals surface area contributed by atoms with E-state index in [4.69, 9.17) is 5.11 Å². The summed E-state index contributed by atoms with van der Waals surface area (Å²) < 4.78 is 0. The van der Waals surface area contributed by atoms with Gasteiger partial charge in [0, 0.05) is 19.4 Å². The third-order valence-corrected chi connectivity index (χ3v) is 6.02. The van der Waals surface area contributed by atoms with Crippen LogP contribution in [-0.4, -0.2) is 35.3 Å². The Hall–Kier alpha value is -1.76. The molecule has 132 valence electrons. The molecule has 0 aromatic carbocycles. The lowest BCUT2D eigenvalue weighted by molar-refractivity contribution is -0.136. The summed E-state index contributed by atoms with van der Waals surface area (Å²) in [6, 6.07) is 0. The molecule has 0 bridgehead atoms. The van der Waals surface area contributed by atoms with Crippen molar-refractivity contribution in [1.82, 2.24) is 10.6 Å². The van der Waals surface area contributed by atoms with Crippen molar-refractivity contribution in [1.29, 1.82) is 0 Å². The van der Waals surface area contributed by atoms with Gasteiger partial charge in [0.25, 0.3) is 0 Å². The molecule has 4 fully saturated rings. The van der Waals surface area contributed by atoms with Crippen molar-refractivity contribution in [2.45, 2.75) is 51.9 Å². The second kappa shape index (κ2) is 5.95. The number of imide groups is 2. The Bertz CT molecular complexity index is 536. The van der Waals surface area contributed by atoms with Gasteiger partial charge in [-0.15, -0.1) is 0 Å². The molecule has 2 spiro atoms. The molecule has 4 amide bonds. The van der Waals surface area contributed by atoms with Gasteiger partial charge in [-0.2, -0.15) is 0 Å². The van der Waals surface area contributed by atoms with Crippen molar-refractivity contribution in [3.63, 3.8) is 0 Å². The molecule has 24 heavy (non-hydrogen) atoms. The van der Waals surface area contributed by atoms with E-state index in [-0.39, 0.29) is 41.6 Å². The van der Waals surface area contributed by atoms with E-state index in [0.717, 1.165) is 19.3 Å². The summed E-state index contributed by atoms with van der Waals surface area (Å²) >= 11 is 0. The predicted molar refractivity (Wildman–Crippen MR) is 83.2 cm³/mol. The number of hydrogen-bond donors (Lipinski definition) is 3. The van der Waals surface area contributed by atoms with Crippen LogP contribution in [0.2, 0.25) is 0 Å². The fourth-order valence-electron chi connectivity index (χ4n) is 4.55. The Morgan fingerprint density at radius 1 is 0.875 bits per heavy atom. The van der Waals surface area contributed by atoms with Gasteiger partial charge in [0.1, 0.15) is 0 Å². The molecule has 2 aliphatic heterocycles. The number of carbonyl (C=O) groups excluding carboxylic acids is 4. The van der Waals surface area contributed by atoms with Crippen LogP contribution in [0.4, 0.5) is 0 Å². The molecule has 2 heterocycles. The summed E-state index contributed by atoms with van der Waals surface area (Å²) in [6.07, 6.45) is 5.05. The maximum Gasteiger partial charge on any atom is 0.233 e. The number of rotatable bonds is 2. The van der Waals surface area contributed by atoms with Crippen molar-refractivity contribution >= 4 is 23.6 Å². The Morgan fingerprint density at radius 2 is 1.29 bits per heavy atom. The molecule has 7 nitrogen and oxygen atoms in total. The van der Waals surface area contributed by atoms with Crippen LogP contribution >= 0.6 is 0 Å². The molecule has 3 N–H and O–H groups in total. The van der Waals surface area contributed by atoms with Crippen LogP contribution < -0.4 is 10.6 Å². The minimum absolute atomic E-state index is 0.0304. The average Bonchev–Trinajstić information content (AvgIpc) is 2.91. The summed E-state index contributed by atoms with van der Waals surface area (Å²) in [4.78, 5) is 44.3. The Labute approximate surface area is 140 Å². The van der Waals surface area contributed by atoms with Crippen LogP contribution in [0.3, 0.4) is 0 Å². The molecule has 0 aromatic heterocycles. The number of hydrogen-bond acceptors (Lipinski definition) is 5. The molecular formula is C17H24N2O5. The van der Waals surface area contributed by atoms with E-state index in [9.17, 15) is 19.2 Å². The van der Waals surface area contributed by atoms with Crippen LogP contribution in [-0.2, 0) is 19.2 Å².